The lowest BCUT2D eigenvalue weighted by Crippen LogP contribution is -2.43. The van der Waals surface area contributed by atoms with E-state index in [9.17, 15) is 24.6 Å². The molecule has 7 heteroatoms. The van der Waals surface area contributed by atoms with Crippen LogP contribution < -0.4 is 5.32 Å². The van der Waals surface area contributed by atoms with Crippen LogP contribution in [0, 0.1) is 5.92 Å². The summed E-state index contributed by atoms with van der Waals surface area (Å²) in [7, 11) is 0. The predicted octanol–water partition coefficient (Wildman–Crippen LogP) is 4.58. The molecule has 2 aromatic carbocycles. The molecular formula is C28H30ClNO5. The smallest absolute Gasteiger partial charge is 0.255 e. The molecule has 0 saturated heterocycles. The Labute approximate surface area is 210 Å². The van der Waals surface area contributed by atoms with Crippen molar-refractivity contribution in [3.05, 3.63) is 87.0 Å². The molecule has 0 spiro atoms. The number of rotatable bonds is 8. The zero-order valence-corrected chi connectivity index (χ0v) is 21.1. The van der Waals surface area contributed by atoms with Gasteiger partial charge in [0, 0.05) is 33.9 Å². The van der Waals surface area contributed by atoms with Gasteiger partial charge in [-0.3, -0.25) is 14.4 Å². The van der Waals surface area contributed by atoms with Crippen molar-refractivity contribution in [3.63, 3.8) is 0 Å². The van der Waals surface area contributed by atoms with E-state index in [-0.39, 0.29) is 35.8 Å². The van der Waals surface area contributed by atoms with Gasteiger partial charge >= 0.3 is 0 Å². The van der Waals surface area contributed by atoms with Gasteiger partial charge < -0.3 is 15.5 Å². The molecule has 0 radical (unpaired) electrons. The summed E-state index contributed by atoms with van der Waals surface area (Å²) in [5.74, 6) is -1.61. The Kier molecular flexibility index (Phi) is 7.98. The van der Waals surface area contributed by atoms with Crippen LogP contribution >= 0.6 is 11.6 Å². The average molecular weight is 496 g/mol. The fraction of sp³-hybridized carbons (Fsp3) is 0.321. The summed E-state index contributed by atoms with van der Waals surface area (Å²) in [6.45, 7) is 6.36. The van der Waals surface area contributed by atoms with E-state index >= 15 is 0 Å². The van der Waals surface area contributed by atoms with Crippen LogP contribution in [-0.2, 0) is 16.0 Å². The number of benzene rings is 2. The standard InChI is InChI=1S/C28H30ClNO5/c1-16-17(2)26(33)24(18(3)25(16)32)20(13-19-9-5-7-11-22(19)29)14-28(4,35)15-30-27(34)21-10-6-8-12-23(21)31/h5-12,20,31,35H,13-15H2,1-4H3,(H,30,34). The van der Waals surface area contributed by atoms with Gasteiger partial charge in [0.2, 0.25) is 0 Å². The maximum Gasteiger partial charge on any atom is 0.255 e. The molecule has 0 aliphatic heterocycles. The Balaban J connectivity index is 1.90. The summed E-state index contributed by atoms with van der Waals surface area (Å²) in [5.41, 5.74) is 1.01. The topological polar surface area (TPSA) is 104 Å². The number of halogens is 1. The second kappa shape index (κ2) is 10.6. The largest absolute Gasteiger partial charge is 0.507 e. The van der Waals surface area contributed by atoms with Crippen molar-refractivity contribution in [2.75, 3.05) is 6.54 Å². The predicted molar refractivity (Wildman–Crippen MR) is 135 cm³/mol. The van der Waals surface area contributed by atoms with Gasteiger partial charge in [-0.2, -0.15) is 0 Å². The number of para-hydroxylation sites is 1. The molecule has 3 N–H and O–H groups in total. The Morgan fingerprint density at radius 3 is 2.23 bits per heavy atom. The molecule has 0 saturated carbocycles. The normalized spacial score (nSPS) is 16.9. The van der Waals surface area contributed by atoms with Crippen molar-refractivity contribution in [3.8, 4) is 5.75 Å². The van der Waals surface area contributed by atoms with E-state index < -0.39 is 17.4 Å². The van der Waals surface area contributed by atoms with Crippen molar-refractivity contribution >= 4 is 29.1 Å². The number of Topliss-reactive ketones (excluding diaryl/α,β-unsaturated/α-hetero) is 2. The molecule has 0 heterocycles. The van der Waals surface area contributed by atoms with Crippen LogP contribution in [0.5, 0.6) is 5.75 Å². The molecule has 0 bridgehead atoms. The quantitative estimate of drug-likeness (QED) is 0.465. The zero-order valence-electron chi connectivity index (χ0n) is 20.3. The monoisotopic (exact) mass is 495 g/mol. The summed E-state index contributed by atoms with van der Waals surface area (Å²) < 4.78 is 0. The minimum atomic E-state index is -1.42. The highest BCUT2D eigenvalue weighted by Gasteiger charge is 2.36. The van der Waals surface area contributed by atoms with Crippen LogP contribution in [0.3, 0.4) is 0 Å². The zero-order chi connectivity index (χ0) is 25.9. The first-order valence-corrected chi connectivity index (χ1v) is 11.8. The van der Waals surface area contributed by atoms with Crippen molar-refractivity contribution in [1.82, 2.24) is 5.32 Å². The highest BCUT2D eigenvalue weighted by Crippen LogP contribution is 2.36. The number of phenols is 1. The lowest BCUT2D eigenvalue weighted by molar-refractivity contribution is -0.117. The van der Waals surface area contributed by atoms with E-state index in [2.05, 4.69) is 5.32 Å². The highest BCUT2D eigenvalue weighted by molar-refractivity contribution is 6.31. The van der Waals surface area contributed by atoms with E-state index in [1.807, 2.05) is 18.2 Å². The maximum absolute atomic E-state index is 13.3. The molecular weight excluding hydrogens is 466 g/mol. The number of hydrogen-bond donors (Lipinski definition) is 3. The molecule has 2 atom stereocenters. The number of hydrogen-bond acceptors (Lipinski definition) is 5. The molecule has 6 nitrogen and oxygen atoms in total. The molecule has 1 amide bonds. The Bertz CT molecular complexity index is 1240. The van der Waals surface area contributed by atoms with E-state index in [1.54, 1.807) is 45.9 Å². The van der Waals surface area contributed by atoms with Gasteiger partial charge in [-0.05, 0) is 70.2 Å². The fourth-order valence-corrected chi connectivity index (χ4v) is 4.66. The van der Waals surface area contributed by atoms with Gasteiger partial charge in [0.25, 0.3) is 5.91 Å². The summed E-state index contributed by atoms with van der Waals surface area (Å²) in [5, 5.41) is 24.4. The molecule has 3 rings (SSSR count). The van der Waals surface area contributed by atoms with Crippen molar-refractivity contribution < 1.29 is 24.6 Å². The molecule has 2 unspecified atom stereocenters. The van der Waals surface area contributed by atoms with Crippen LogP contribution in [0.15, 0.2) is 70.8 Å². The first-order valence-electron chi connectivity index (χ1n) is 11.4. The molecule has 184 valence electrons. The second-order valence-electron chi connectivity index (χ2n) is 9.34. The Morgan fingerprint density at radius 2 is 1.57 bits per heavy atom. The van der Waals surface area contributed by atoms with Crippen LogP contribution in [0.2, 0.25) is 5.02 Å². The Hall–Kier alpha value is -3.22. The third-order valence-electron chi connectivity index (χ3n) is 6.53. The second-order valence-corrected chi connectivity index (χ2v) is 9.75. The number of aliphatic hydroxyl groups is 1. The number of carbonyl (C=O) groups is 3. The van der Waals surface area contributed by atoms with E-state index in [4.69, 9.17) is 11.6 Å². The van der Waals surface area contributed by atoms with Gasteiger partial charge in [0.1, 0.15) is 5.75 Å². The van der Waals surface area contributed by atoms with Gasteiger partial charge in [-0.1, -0.05) is 41.9 Å². The number of phenolic OH excluding ortho intramolecular Hbond substituents is 1. The lowest BCUT2D eigenvalue weighted by Gasteiger charge is -2.32. The SMILES string of the molecule is CC1=C(C)C(=O)C(C(Cc2ccccc2Cl)CC(C)(O)CNC(=O)c2ccccc2O)=C(C)C1=O. The molecule has 0 fully saturated rings. The van der Waals surface area contributed by atoms with Gasteiger partial charge in [0.05, 0.1) is 11.2 Å². The number of aromatic hydroxyl groups is 1. The molecule has 1 aliphatic carbocycles. The minimum Gasteiger partial charge on any atom is -0.507 e. The van der Waals surface area contributed by atoms with Crippen molar-refractivity contribution in [1.29, 1.82) is 0 Å². The van der Waals surface area contributed by atoms with Crippen LogP contribution in [0.25, 0.3) is 0 Å². The number of ketones is 2. The van der Waals surface area contributed by atoms with E-state index in [0.717, 1.165) is 5.56 Å². The van der Waals surface area contributed by atoms with Crippen LogP contribution in [-0.4, -0.2) is 39.8 Å². The number of allylic oxidation sites excluding steroid dienone is 4. The number of carbonyl (C=O) groups excluding carboxylic acids is 3. The summed E-state index contributed by atoms with van der Waals surface area (Å²) in [6.07, 6.45) is 0.429. The van der Waals surface area contributed by atoms with Gasteiger partial charge in [0.15, 0.2) is 11.6 Å². The van der Waals surface area contributed by atoms with Crippen molar-refractivity contribution in [2.45, 2.75) is 46.1 Å². The van der Waals surface area contributed by atoms with Gasteiger partial charge in [-0.25, -0.2) is 0 Å². The van der Waals surface area contributed by atoms with Crippen molar-refractivity contribution in [2.24, 2.45) is 5.92 Å². The molecule has 1 aliphatic rings. The summed E-state index contributed by atoms with van der Waals surface area (Å²) in [4.78, 5) is 38.7. The summed E-state index contributed by atoms with van der Waals surface area (Å²) in [6, 6.07) is 13.4. The summed E-state index contributed by atoms with van der Waals surface area (Å²) >= 11 is 6.40. The van der Waals surface area contributed by atoms with Gasteiger partial charge in [-0.15, -0.1) is 0 Å². The first kappa shape index (κ1) is 26.4. The van der Waals surface area contributed by atoms with Crippen LogP contribution in [0.1, 0.15) is 50.0 Å². The third-order valence-corrected chi connectivity index (χ3v) is 6.90. The fourth-order valence-electron chi connectivity index (χ4n) is 4.45. The average Bonchev–Trinajstić information content (AvgIpc) is 2.81. The number of nitrogens with one attached hydrogen (secondary N) is 1. The first-order chi connectivity index (χ1) is 16.4. The number of amides is 1. The third kappa shape index (κ3) is 5.89. The maximum atomic E-state index is 13.3. The molecule has 0 aromatic heterocycles. The lowest BCUT2D eigenvalue weighted by atomic mass is 9.74. The molecule has 35 heavy (non-hydrogen) atoms. The Morgan fingerprint density at radius 1 is 0.971 bits per heavy atom. The minimum absolute atomic E-state index is 0.0945. The highest BCUT2D eigenvalue weighted by atomic mass is 35.5. The van der Waals surface area contributed by atoms with E-state index in [1.165, 1.54) is 12.1 Å². The van der Waals surface area contributed by atoms with Crippen LogP contribution in [0.4, 0.5) is 0 Å². The molecule has 2 aromatic rings. The van der Waals surface area contributed by atoms with E-state index in [0.29, 0.717) is 33.7 Å².